The first-order valence-electron chi connectivity index (χ1n) is 8.32. The molecule has 0 unspecified atom stereocenters. The number of nitrogens with zero attached hydrogens (tertiary/aromatic N) is 1. The van der Waals surface area contributed by atoms with Gasteiger partial charge < -0.3 is 15.0 Å². The minimum absolute atomic E-state index is 0.549. The molecule has 0 radical (unpaired) electrons. The minimum atomic E-state index is 0.549. The molecule has 0 aliphatic heterocycles. The van der Waals surface area contributed by atoms with E-state index in [-0.39, 0.29) is 0 Å². The van der Waals surface area contributed by atoms with E-state index in [1.54, 1.807) is 0 Å². The van der Waals surface area contributed by atoms with Crippen LogP contribution in [0.15, 0.2) is 54.6 Å². The van der Waals surface area contributed by atoms with Crippen LogP contribution in [0.3, 0.4) is 0 Å². The van der Waals surface area contributed by atoms with Crippen LogP contribution < -0.4 is 10.1 Å². The van der Waals surface area contributed by atoms with Gasteiger partial charge in [0.2, 0.25) is 0 Å². The Hall–Kier alpha value is -2.00. The van der Waals surface area contributed by atoms with Gasteiger partial charge in [-0.1, -0.05) is 44.2 Å². The standard InChI is InChI=1S/C20H28N2O/c1-17(2)16-23-20-11-9-19(10-12-20)21-13-14-22(3)15-18-7-5-4-6-8-18/h4-12,17,21H,13-16H2,1-3H3. The molecule has 1 N–H and O–H groups in total. The Labute approximate surface area is 140 Å². The SMILES string of the molecule is CC(C)COc1ccc(NCCN(C)Cc2ccccc2)cc1. The maximum Gasteiger partial charge on any atom is 0.119 e. The summed E-state index contributed by atoms with van der Waals surface area (Å²) < 4.78 is 5.70. The minimum Gasteiger partial charge on any atom is -0.493 e. The van der Waals surface area contributed by atoms with E-state index in [4.69, 9.17) is 4.74 Å². The van der Waals surface area contributed by atoms with Crippen molar-refractivity contribution < 1.29 is 4.74 Å². The summed E-state index contributed by atoms with van der Waals surface area (Å²) in [7, 11) is 2.15. The van der Waals surface area contributed by atoms with E-state index in [9.17, 15) is 0 Å². The van der Waals surface area contributed by atoms with E-state index in [2.05, 4.69) is 73.6 Å². The lowest BCUT2D eigenvalue weighted by molar-refractivity contribution is 0.271. The second-order valence-electron chi connectivity index (χ2n) is 6.38. The van der Waals surface area contributed by atoms with Gasteiger partial charge in [-0.05, 0) is 42.8 Å². The van der Waals surface area contributed by atoms with Gasteiger partial charge in [0.1, 0.15) is 5.75 Å². The van der Waals surface area contributed by atoms with E-state index in [1.165, 1.54) is 5.56 Å². The number of rotatable bonds is 9. The van der Waals surface area contributed by atoms with Gasteiger partial charge in [-0.15, -0.1) is 0 Å². The van der Waals surface area contributed by atoms with Crippen molar-refractivity contribution in [3.05, 3.63) is 60.2 Å². The fraction of sp³-hybridized carbons (Fsp3) is 0.400. The van der Waals surface area contributed by atoms with E-state index >= 15 is 0 Å². The molecule has 0 spiro atoms. The predicted molar refractivity (Wildman–Crippen MR) is 98.0 cm³/mol. The summed E-state index contributed by atoms with van der Waals surface area (Å²) in [6.45, 7) is 7.97. The molecular weight excluding hydrogens is 284 g/mol. The van der Waals surface area contributed by atoms with Crippen LogP contribution in [0.4, 0.5) is 5.69 Å². The third kappa shape index (κ3) is 6.74. The van der Waals surface area contributed by atoms with Gasteiger partial charge in [0.05, 0.1) is 6.61 Å². The van der Waals surface area contributed by atoms with Crippen LogP contribution >= 0.6 is 0 Å². The molecule has 0 heterocycles. The number of ether oxygens (including phenoxy) is 1. The lowest BCUT2D eigenvalue weighted by atomic mass is 10.2. The quantitative estimate of drug-likeness (QED) is 0.748. The number of hydrogen-bond donors (Lipinski definition) is 1. The number of likely N-dealkylation sites (N-methyl/N-ethyl adjacent to an activating group) is 1. The highest BCUT2D eigenvalue weighted by Gasteiger charge is 2.01. The zero-order valence-corrected chi connectivity index (χ0v) is 14.5. The Balaban J connectivity index is 1.69. The van der Waals surface area contributed by atoms with Crippen molar-refractivity contribution in [2.24, 2.45) is 5.92 Å². The number of hydrogen-bond acceptors (Lipinski definition) is 3. The molecule has 3 heteroatoms. The largest absolute Gasteiger partial charge is 0.493 e. The molecule has 2 aromatic rings. The highest BCUT2D eigenvalue weighted by atomic mass is 16.5. The van der Waals surface area contributed by atoms with Crippen molar-refractivity contribution in [1.82, 2.24) is 4.90 Å². The third-order valence-electron chi connectivity index (χ3n) is 3.56. The maximum atomic E-state index is 5.70. The molecule has 0 atom stereocenters. The zero-order chi connectivity index (χ0) is 16.5. The smallest absolute Gasteiger partial charge is 0.119 e. The summed E-state index contributed by atoms with van der Waals surface area (Å²) in [6, 6.07) is 18.8. The van der Waals surface area contributed by atoms with E-state index in [0.717, 1.165) is 37.7 Å². The first kappa shape index (κ1) is 17.4. The lowest BCUT2D eigenvalue weighted by Gasteiger charge is -2.17. The molecule has 0 amide bonds. The van der Waals surface area contributed by atoms with Crippen molar-refractivity contribution in [2.45, 2.75) is 20.4 Å². The van der Waals surface area contributed by atoms with Gasteiger partial charge in [-0.3, -0.25) is 0 Å². The van der Waals surface area contributed by atoms with Crippen molar-refractivity contribution in [2.75, 3.05) is 32.1 Å². The molecule has 124 valence electrons. The van der Waals surface area contributed by atoms with Crippen molar-refractivity contribution in [3.63, 3.8) is 0 Å². The van der Waals surface area contributed by atoms with Crippen molar-refractivity contribution in [3.8, 4) is 5.75 Å². The van der Waals surface area contributed by atoms with Crippen LogP contribution in [0.2, 0.25) is 0 Å². The van der Waals surface area contributed by atoms with Crippen LogP contribution in [-0.2, 0) is 6.54 Å². The normalized spacial score (nSPS) is 11.0. The Morgan fingerprint density at radius 3 is 2.35 bits per heavy atom. The van der Waals surface area contributed by atoms with Gasteiger partial charge >= 0.3 is 0 Å². The molecule has 0 saturated carbocycles. The van der Waals surface area contributed by atoms with Crippen LogP contribution in [0, 0.1) is 5.92 Å². The zero-order valence-electron chi connectivity index (χ0n) is 14.5. The summed E-state index contributed by atoms with van der Waals surface area (Å²) in [5.41, 5.74) is 2.48. The second kappa shape index (κ2) is 9.21. The van der Waals surface area contributed by atoms with Crippen LogP contribution in [0.5, 0.6) is 5.75 Å². The molecule has 23 heavy (non-hydrogen) atoms. The number of nitrogens with one attached hydrogen (secondary N) is 1. The summed E-state index contributed by atoms with van der Waals surface area (Å²) in [4.78, 5) is 2.32. The van der Waals surface area contributed by atoms with Crippen molar-refractivity contribution in [1.29, 1.82) is 0 Å². The van der Waals surface area contributed by atoms with Gasteiger partial charge in [0.15, 0.2) is 0 Å². The molecular formula is C20H28N2O. The topological polar surface area (TPSA) is 24.5 Å². The molecule has 0 fully saturated rings. The Morgan fingerprint density at radius 2 is 1.70 bits per heavy atom. The second-order valence-corrected chi connectivity index (χ2v) is 6.38. The molecule has 3 nitrogen and oxygen atoms in total. The first-order chi connectivity index (χ1) is 11.1. The average molecular weight is 312 g/mol. The average Bonchev–Trinajstić information content (AvgIpc) is 2.55. The van der Waals surface area contributed by atoms with E-state index < -0.39 is 0 Å². The number of anilines is 1. The van der Waals surface area contributed by atoms with Crippen LogP contribution in [0.25, 0.3) is 0 Å². The number of benzene rings is 2. The van der Waals surface area contributed by atoms with Gasteiger partial charge in [0.25, 0.3) is 0 Å². The fourth-order valence-electron chi connectivity index (χ4n) is 2.30. The van der Waals surface area contributed by atoms with Gasteiger partial charge in [0, 0.05) is 25.3 Å². The van der Waals surface area contributed by atoms with Gasteiger partial charge in [-0.2, -0.15) is 0 Å². The van der Waals surface area contributed by atoms with Crippen LogP contribution in [0.1, 0.15) is 19.4 Å². The molecule has 0 bridgehead atoms. The molecule has 2 aromatic carbocycles. The molecule has 0 saturated heterocycles. The van der Waals surface area contributed by atoms with E-state index in [0.29, 0.717) is 5.92 Å². The fourth-order valence-corrected chi connectivity index (χ4v) is 2.30. The highest BCUT2D eigenvalue weighted by molar-refractivity contribution is 5.46. The molecule has 0 aliphatic rings. The third-order valence-corrected chi connectivity index (χ3v) is 3.56. The Kier molecular flexibility index (Phi) is 6.95. The molecule has 0 aliphatic carbocycles. The van der Waals surface area contributed by atoms with Crippen molar-refractivity contribution >= 4 is 5.69 Å². The lowest BCUT2D eigenvalue weighted by Crippen LogP contribution is -2.24. The predicted octanol–water partition coefficient (Wildman–Crippen LogP) is 4.27. The summed E-state index contributed by atoms with van der Waals surface area (Å²) >= 11 is 0. The van der Waals surface area contributed by atoms with Crippen LogP contribution in [-0.4, -0.2) is 31.6 Å². The Bertz CT molecular complexity index is 552. The highest BCUT2D eigenvalue weighted by Crippen LogP contribution is 2.16. The maximum absolute atomic E-state index is 5.70. The Morgan fingerprint density at radius 1 is 1.00 bits per heavy atom. The summed E-state index contributed by atoms with van der Waals surface area (Å²) in [5, 5.41) is 3.46. The summed E-state index contributed by atoms with van der Waals surface area (Å²) in [6.07, 6.45) is 0. The molecule has 2 rings (SSSR count). The molecule has 0 aromatic heterocycles. The van der Waals surface area contributed by atoms with E-state index in [1.807, 2.05) is 12.1 Å². The van der Waals surface area contributed by atoms with Gasteiger partial charge in [-0.25, -0.2) is 0 Å². The summed E-state index contributed by atoms with van der Waals surface area (Å²) in [5.74, 6) is 1.48. The first-order valence-corrected chi connectivity index (χ1v) is 8.32. The monoisotopic (exact) mass is 312 g/mol.